The highest BCUT2D eigenvalue weighted by atomic mass is 16.4. The van der Waals surface area contributed by atoms with Crippen LogP contribution in [0, 0.1) is 5.92 Å². The molecule has 0 spiro atoms. The molecule has 0 radical (unpaired) electrons. The van der Waals surface area contributed by atoms with Gasteiger partial charge >= 0.3 is 5.97 Å². The Morgan fingerprint density at radius 3 is 2.68 bits per heavy atom. The zero-order valence-electron chi connectivity index (χ0n) is 11.4. The van der Waals surface area contributed by atoms with Crippen LogP contribution >= 0.6 is 0 Å². The Balaban J connectivity index is 1.75. The number of amides is 1. The van der Waals surface area contributed by atoms with Crippen LogP contribution in [0.15, 0.2) is 0 Å². The Morgan fingerprint density at radius 1 is 1.21 bits per heavy atom. The van der Waals surface area contributed by atoms with Crippen molar-refractivity contribution in [2.75, 3.05) is 19.6 Å². The van der Waals surface area contributed by atoms with Crippen LogP contribution < -0.4 is 5.32 Å². The third-order valence-corrected chi connectivity index (χ3v) is 4.05. The van der Waals surface area contributed by atoms with Gasteiger partial charge in [-0.3, -0.25) is 9.59 Å². The van der Waals surface area contributed by atoms with E-state index in [0.29, 0.717) is 13.0 Å². The molecule has 5 heteroatoms. The molecule has 108 valence electrons. The van der Waals surface area contributed by atoms with Gasteiger partial charge in [0.05, 0.1) is 6.54 Å². The van der Waals surface area contributed by atoms with E-state index < -0.39 is 5.97 Å². The lowest BCUT2D eigenvalue weighted by molar-refractivity contribution is -0.139. The number of aliphatic carboxylic acids is 1. The van der Waals surface area contributed by atoms with E-state index >= 15 is 0 Å². The highest BCUT2D eigenvalue weighted by Gasteiger charge is 2.27. The van der Waals surface area contributed by atoms with Gasteiger partial charge in [0, 0.05) is 19.0 Å². The van der Waals surface area contributed by atoms with E-state index in [9.17, 15) is 9.59 Å². The first-order chi connectivity index (χ1) is 9.16. The molecule has 1 amide bonds. The van der Waals surface area contributed by atoms with Gasteiger partial charge in [-0.05, 0) is 51.0 Å². The van der Waals surface area contributed by atoms with Crippen LogP contribution in [0.4, 0.5) is 0 Å². The zero-order valence-corrected chi connectivity index (χ0v) is 11.4. The molecule has 0 bridgehead atoms. The average Bonchev–Trinajstić information content (AvgIpc) is 3.20. The molecule has 2 rings (SSSR count). The quantitative estimate of drug-likeness (QED) is 0.728. The van der Waals surface area contributed by atoms with E-state index in [0.717, 1.165) is 38.3 Å². The first-order valence-corrected chi connectivity index (χ1v) is 7.39. The third-order valence-electron chi connectivity index (χ3n) is 4.05. The second-order valence-electron chi connectivity index (χ2n) is 5.74. The minimum atomic E-state index is -0.773. The molecule has 2 N–H and O–H groups in total. The number of carbonyl (C=O) groups is 2. The third kappa shape index (κ3) is 4.82. The summed E-state index contributed by atoms with van der Waals surface area (Å²) in [5.74, 6) is 0.137. The summed E-state index contributed by atoms with van der Waals surface area (Å²) in [6.45, 7) is 2.13. The van der Waals surface area contributed by atoms with E-state index in [1.54, 1.807) is 0 Å². The van der Waals surface area contributed by atoms with E-state index in [1.165, 1.54) is 12.8 Å². The maximum atomic E-state index is 12.2. The second-order valence-corrected chi connectivity index (χ2v) is 5.74. The summed E-state index contributed by atoms with van der Waals surface area (Å²) in [5, 5.41) is 12.0. The Bertz CT molecular complexity index is 329. The average molecular weight is 268 g/mol. The predicted molar refractivity (Wildman–Crippen MR) is 71.8 cm³/mol. The van der Waals surface area contributed by atoms with Crippen molar-refractivity contribution in [2.45, 2.75) is 51.0 Å². The number of nitrogens with zero attached hydrogens (tertiary/aromatic N) is 1. The molecule has 1 unspecified atom stereocenters. The molecule has 2 aliphatic rings. The fraction of sp³-hybridized carbons (Fsp3) is 0.857. The van der Waals surface area contributed by atoms with Crippen LogP contribution in [0.5, 0.6) is 0 Å². The van der Waals surface area contributed by atoms with Crippen molar-refractivity contribution in [1.82, 2.24) is 10.2 Å². The van der Waals surface area contributed by atoms with E-state index in [4.69, 9.17) is 5.11 Å². The number of carbonyl (C=O) groups excluding carboxylic acids is 1. The van der Waals surface area contributed by atoms with Crippen molar-refractivity contribution in [3.8, 4) is 0 Å². The van der Waals surface area contributed by atoms with E-state index in [1.807, 2.05) is 4.90 Å². The molecule has 5 nitrogen and oxygen atoms in total. The molecule has 0 aromatic rings. The number of hydrogen-bond donors (Lipinski definition) is 2. The Morgan fingerprint density at radius 2 is 2.00 bits per heavy atom. The van der Waals surface area contributed by atoms with Crippen molar-refractivity contribution in [2.24, 2.45) is 5.92 Å². The fourth-order valence-corrected chi connectivity index (χ4v) is 2.73. The van der Waals surface area contributed by atoms with Gasteiger partial charge in [-0.2, -0.15) is 0 Å². The molecule has 2 fully saturated rings. The topological polar surface area (TPSA) is 69.6 Å². The summed E-state index contributed by atoms with van der Waals surface area (Å²) in [5.41, 5.74) is 0. The molecule has 0 aromatic heterocycles. The van der Waals surface area contributed by atoms with E-state index in [-0.39, 0.29) is 18.4 Å². The van der Waals surface area contributed by atoms with Crippen molar-refractivity contribution in [3.63, 3.8) is 0 Å². The van der Waals surface area contributed by atoms with Crippen LogP contribution in [-0.2, 0) is 9.59 Å². The summed E-state index contributed by atoms with van der Waals surface area (Å²) >= 11 is 0. The summed E-state index contributed by atoms with van der Waals surface area (Å²) in [4.78, 5) is 24.7. The first kappa shape index (κ1) is 14.3. The van der Waals surface area contributed by atoms with Gasteiger partial charge in [0.15, 0.2) is 0 Å². The van der Waals surface area contributed by atoms with Gasteiger partial charge in [0.25, 0.3) is 0 Å². The van der Waals surface area contributed by atoms with Crippen molar-refractivity contribution in [1.29, 1.82) is 0 Å². The van der Waals surface area contributed by atoms with Crippen LogP contribution in [0.25, 0.3) is 0 Å². The number of carboxylic acids is 1. The summed E-state index contributed by atoms with van der Waals surface area (Å²) in [6.07, 6.45) is 6.40. The maximum Gasteiger partial charge on any atom is 0.303 e. The largest absolute Gasteiger partial charge is 0.481 e. The molecular weight excluding hydrogens is 244 g/mol. The molecule has 1 atom stereocenters. The Labute approximate surface area is 114 Å². The number of nitrogens with one attached hydrogen (secondary N) is 1. The number of carboxylic acid groups (broad SMARTS) is 1. The van der Waals surface area contributed by atoms with Gasteiger partial charge in [-0.15, -0.1) is 0 Å². The monoisotopic (exact) mass is 268 g/mol. The Kier molecular flexibility index (Phi) is 5.19. The van der Waals surface area contributed by atoms with Crippen LogP contribution in [0.3, 0.4) is 0 Å². The predicted octanol–water partition coefficient (Wildman–Crippen LogP) is 1.23. The number of piperidine rings is 1. The van der Waals surface area contributed by atoms with Gasteiger partial charge in [0.1, 0.15) is 0 Å². The van der Waals surface area contributed by atoms with Crippen LogP contribution in [0.1, 0.15) is 44.9 Å². The lowest BCUT2D eigenvalue weighted by Crippen LogP contribution is -2.47. The summed E-state index contributed by atoms with van der Waals surface area (Å²) < 4.78 is 0. The molecule has 0 aromatic carbocycles. The zero-order chi connectivity index (χ0) is 13.7. The second kappa shape index (κ2) is 6.89. The number of hydrogen-bond acceptors (Lipinski definition) is 3. The normalized spacial score (nSPS) is 23.4. The molecule has 1 heterocycles. The summed E-state index contributed by atoms with van der Waals surface area (Å²) in [6, 6.07) is 0.125. The van der Waals surface area contributed by atoms with Crippen molar-refractivity contribution in [3.05, 3.63) is 0 Å². The SMILES string of the molecule is O=C(O)CCC1CCCCN1C(=O)CNCC1CC1. The highest BCUT2D eigenvalue weighted by Crippen LogP contribution is 2.27. The number of likely N-dealkylation sites (tertiary alicyclic amines) is 1. The highest BCUT2D eigenvalue weighted by molar-refractivity contribution is 5.78. The lowest BCUT2D eigenvalue weighted by atomic mass is 9.98. The molecule has 1 aliphatic heterocycles. The van der Waals surface area contributed by atoms with Crippen molar-refractivity contribution >= 4 is 11.9 Å². The molecular formula is C14H24N2O3. The standard InChI is InChI=1S/C14H24N2O3/c17-13(10-15-9-11-4-5-11)16-8-2-1-3-12(16)6-7-14(18)19/h11-12,15H,1-10H2,(H,18,19). The lowest BCUT2D eigenvalue weighted by Gasteiger charge is -2.35. The van der Waals surface area contributed by atoms with Crippen molar-refractivity contribution < 1.29 is 14.7 Å². The van der Waals surface area contributed by atoms with Gasteiger partial charge in [0.2, 0.25) is 5.91 Å². The smallest absolute Gasteiger partial charge is 0.303 e. The maximum absolute atomic E-state index is 12.2. The minimum absolute atomic E-state index is 0.125. The summed E-state index contributed by atoms with van der Waals surface area (Å²) in [7, 11) is 0. The molecule has 19 heavy (non-hydrogen) atoms. The number of rotatable bonds is 7. The van der Waals surface area contributed by atoms with Crippen LogP contribution in [0.2, 0.25) is 0 Å². The Hall–Kier alpha value is -1.10. The van der Waals surface area contributed by atoms with E-state index in [2.05, 4.69) is 5.32 Å². The van der Waals surface area contributed by atoms with Crippen LogP contribution in [-0.4, -0.2) is 47.6 Å². The minimum Gasteiger partial charge on any atom is -0.481 e. The molecule has 1 saturated heterocycles. The fourth-order valence-electron chi connectivity index (χ4n) is 2.73. The van der Waals surface area contributed by atoms with Gasteiger partial charge in [-0.25, -0.2) is 0 Å². The molecule has 1 aliphatic carbocycles. The first-order valence-electron chi connectivity index (χ1n) is 7.39. The molecule has 1 saturated carbocycles. The van der Waals surface area contributed by atoms with Gasteiger partial charge < -0.3 is 15.3 Å². The van der Waals surface area contributed by atoms with Gasteiger partial charge in [-0.1, -0.05) is 0 Å².